The number of rotatable bonds is 4. The molecule has 2 N–H and O–H groups in total. The second-order valence-corrected chi connectivity index (χ2v) is 7.23. The molecule has 0 aliphatic heterocycles. The van der Waals surface area contributed by atoms with E-state index in [-0.39, 0.29) is 5.91 Å². The number of carbonyl (C=O) groups excluding carboxylic acids is 1. The van der Waals surface area contributed by atoms with E-state index in [0.717, 1.165) is 15.7 Å². The van der Waals surface area contributed by atoms with Gasteiger partial charge in [0.2, 0.25) is 0 Å². The van der Waals surface area contributed by atoms with Crippen LogP contribution in [0.25, 0.3) is 22.6 Å². The van der Waals surface area contributed by atoms with Crippen molar-refractivity contribution in [1.82, 2.24) is 15.1 Å². The average molecular weight is 451 g/mol. The quantitative estimate of drug-likeness (QED) is 0.479. The molecule has 0 spiro atoms. The molecule has 0 radical (unpaired) electrons. The smallest absolute Gasteiger partial charge is 0.322 e. The molecule has 0 fully saturated rings. The molecule has 2 heterocycles. The van der Waals surface area contributed by atoms with E-state index in [1.165, 1.54) is 0 Å². The first kappa shape index (κ1) is 18.8. The molecule has 0 bridgehead atoms. The van der Waals surface area contributed by atoms with E-state index >= 15 is 0 Å². The number of H-pyrrole nitrogens is 1. The van der Waals surface area contributed by atoms with Crippen LogP contribution in [0.15, 0.2) is 74.5 Å². The maximum atomic E-state index is 12.7. The van der Waals surface area contributed by atoms with E-state index in [1.807, 2.05) is 30.3 Å². The Kier molecular flexibility index (Phi) is 5.09. The van der Waals surface area contributed by atoms with Gasteiger partial charge in [-0.05, 0) is 43.3 Å². The van der Waals surface area contributed by atoms with Gasteiger partial charge in [0.1, 0.15) is 0 Å². The zero-order valence-corrected chi connectivity index (χ0v) is 16.9. The van der Waals surface area contributed by atoms with Gasteiger partial charge in [-0.15, -0.1) is 0 Å². The van der Waals surface area contributed by atoms with Crippen molar-refractivity contribution in [3.8, 4) is 22.6 Å². The summed E-state index contributed by atoms with van der Waals surface area (Å²) < 4.78 is 5.48. The molecule has 0 saturated carbocycles. The molecule has 0 aliphatic rings. The minimum absolute atomic E-state index is 0.276. The number of hydrogen-bond acceptors (Lipinski definition) is 5. The molecule has 144 valence electrons. The number of amides is 1. The predicted molar refractivity (Wildman–Crippen MR) is 113 cm³/mol. The molecule has 1 amide bonds. The predicted octanol–water partition coefficient (Wildman–Crippen LogP) is 4.42. The Balaban J connectivity index is 1.57. The van der Waals surface area contributed by atoms with Crippen molar-refractivity contribution in [2.75, 3.05) is 5.32 Å². The minimum Gasteiger partial charge on any atom is -0.322 e. The molecule has 0 aliphatic carbocycles. The molecule has 0 atom stereocenters. The molecular weight excluding hydrogens is 436 g/mol. The Hall–Kier alpha value is -3.52. The van der Waals surface area contributed by atoms with E-state index < -0.39 is 5.76 Å². The second-order valence-electron chi connectivity index (χ2n) is 6.32. The summed E-state index contributed by atoms with van der Waals surface area (Å²) in [4.78, 5) is 30.9. The van der Waals surface area contributed by atoms with Gasteiger partial charge in [-0.25, -0.2) is 4.79 Å². The number of carbonyl (C=O) groups is 1. The van der Waals surface area contributed by atoms with Crippen molar-refractivity contribution in [2.24, 2.45) is 0 Å². The SMILES string of the molecule is Cc1nc(-c2cccc(Br)c2)ccc1C(=O)Nc1cccc(-c2noc(=O)[nH]2)c1. The maximum Gasteiger partial charge on any atom is 0.439 e. The van der Waals surface area contributed by atoms with Gasteiger partial charge in [0.25, 0.3) is 5.91 Å². The monoisotopic (exact) mass is 450 g/mol. The van der Waals surface area contributed by atoms with Gasteiger partial charge in [-0.3, -0.25) is 19.3 Å². The van der Waals surface area contributed by atoms with Crippen molar-refractivity contribution >= 4 is 27.5 Å². The first-order chi connectivity index (χ1) is 14.0. The van der Waals surface area contributed by atoms with Crippen LogP contribution in [0.3, 0.4) is 0 Å². The van der Waals surface area contributed by atoms with Crippen molar-refractivity contribution in [3.05, 3.63) is 86.9 Å². The standard InChI is InChI=1S/C21H15BrN4O3/c1-12-17(8-9-18(23-12)13-4-2-6-15(22)10-13)20(27)24-16-7-3-5-14(11-16)19-25-21(28)29-26-19/h2-11H,1H3,(H,24,27)(H,25,26,28). The van der Waals surface area contributed by atoms with Crippen LogP contribution in [0.4, 0.5) is 5.69 Å². The maximum absolute atomic E-state index is 12.7. The summed E-state index contributed by atoms with van der Waals surface area (Å²) >= 11 is 3.45. The zero-order valence-electron chi connectivity index (χ0n) is 15.3. The van der Waals surface area contributed by atoms with E-state index in [4.69, 9.17) is 0 Å². The lowest BCUT2D eigenvalue weighted by Crippen LogP contribution is -2.14. The molecule has 29 heavy (non-hydrogen) atoms. The Bertz CT molecular complexity index is 1260. The van der Waals surface area contributed by atoms with E-state index in [9.17, 15) is 9.59 Å². The Morgan fingerprint density at radius 2 is 1.86 bits per heavy atom. The van der Waals surface area contributed by atoms with Gasteiger partial charge in [-0.1, -0.05) is 45.4 Å². The first-order valence-corrected chi connectivity index (χ1v) is 9.50. The summed E-state index contributed by atoms with van der Waals surface area (Å²) in [6, 6.07) is 18.3. The van der Waals surface area contributed by atoms with Gasteiger partial charge < -0.3 is 5.32 Å². The van der Waals surface area contributed by atoms with Crippen molar-refractivity contribution in [3.63, 3.8) is 0 Å². The third kappa shape index (κ3) is 4.17. The first-order valence-electron chi connectivity index (χ1n) is 8.71. The van der Waals surface area contributed by atoms with Crippen LogP contribution in [0, 0.1) is 6.92 Å². The number of nitrogens with zero attached hydrogens (tertiary/aromatic N) is 2. The van der Waals surface area contributed by atoms with Crippen molar-refractivity contribution in [2.45, 2.75) is 6.92 Å². The van der Waals surface area contributed by atoms with Crippen LogP contribution < -0.4 is 11.1 Å². The van der Waals surface area contributed by atoms with Gasteiger partial charge in [0.15, 0.2) is 5.82 Å². The summed E-state index contributed by atoms with van der Waals surface area (Å²) in [6.45, 7) is 1.80. The van der Waals surface area contributed by atoms with Crippen LogP contribution >= 0.6 is 15.9 Å². The fraction of sp³-hybridized carbons (Fsp3) is 0.0476. The summed E-state index contributed by atoms with van der Waals surface area (Å²) in [6.07, 6.45) is 0. The lowest BCUT2D eigenvalue weighted by molar-refractivity contribution is 0.102. The van der Waals surface area contributed by atoms with Gasteiger partial charge >= 0.3 is 5.76 Å². The molecule has 2 aromatic heterocycles. The lowest BCUT2D eigenvalue weighted by Gasteiger charge is -2.10. The number of aromatic nitrogens is 3. The van der Waals surface area contributed by atoms with Crippen LogP contribution in [0.2, 0.25) is 0 Å². The molecule has 4 rings (SSSR count). The van der Waals surface area contributed by atoms with Crippen LogP contribution in [-0.2, 0) is 0 Å². The molecular formula is C21H15BrN4O3. The lowest BCUT2D eigenvalue weighted by atomic mass is 10.1. The fourth-order valence-corrected chi connectivity index (χ4v) is 3.31. The van der Waals surface area contributed by atoms with E-state index in [1.54, 1.807) is 37.3 Å². The third-order valence-corrected chi connectivity index (χ3v) is 4.78. The highest BCUT2D eigenvalue weighted by atomic mass is 79.9. The highest BCUT2D eigenvalue weighted by molar-refractivity contribution is 9.10. The number of halogens is 1. The number of aryl methyl sites for hydroxylation is 1. The number of aromatic amines is 1. The number of benzene rings is 2. The van der Waals surface area contributed by atoms with Gasteiger partial charge in [-0.2, -0.15) is 0 Å². The van der Waals surface area contributed by atoms with Crippen molar-refractivity contribution < 1.29 is 9.32 Å². The summed E-state index contributed by atoms with van der Waals surface area (Å²) in [5.74, 6) is -0.620. The van der Waals surface area contributed by atoms with Crippen LogP contribution in [-0.4, -0.2) is 21.0 Å². The van der Waals surface area contributed by atoms with E-state index in [0.29, 0.717) is 28.3 Å². The molecule has 7 nitrogen and oxygen atoms in total. The largest absolute Gasteiger partial charge is 0.439 e. The molecule has 8 heteroatoms. The highest BCUT2D eigenvalue weighted by Crippen LogP contribution is 2.23. The minimum atomic E-state index is -0.637. The number of pyridine rings is 1. The van der Waals surface area contributed by atoms with Crippen LogP contribution in [0.1, 0.15) is 16.1 Å². The summed E-state index contributed by atoms with van der Waals surface area (Å²) in [5, 5.41) is 6.50. The van der Waals surface area contributed by atoms with Gasteiger partial charge in [0, 0.05) is 21.3 Å². The molecule has 0 saturated heterocycles. The number of hydrogen-bond donors (Lipinski definition) is 2. The Morgan fingerprint density at radius 3 is 2.59 bits per heavy atom. The molecule has 0 unspecified atom stereocenters. The van der Waals surface area contributed by atoms with E-state index in [2.05, 4.69) is 40.9 Å². The Morgan fingerprint density at radius 1 is 1.07 bits per heavy atom. The normalized spacial score (nSPS) is 10.7. The summed E-state index contributed by atoms with van der Waals surface area (Å²) in [5.41, 5.74) is 4.03. The highest BCUT2D eigenvalue weighted by Gasteiger charge is 2.13. The average Bonchev–Trinajstić information content (AvgIpc) is 3.14. The third-order valence-electron chi connectivity index (χ3n) is 4.29. The summed E-state index contributed by atoms with van der Waals surface area (Å²) in [7, 11) is 0. The van der Waals surface area contributed by atoms with Gasteiger partial charge in [0.05, 0.1) is 17.0 Å². The topological polar surface area (TPSA) is 101 Å². The van der Waals surface area contributed by atoms with Crippen molar-refractivity contribution in [1.29, 1.82) is 0 Å². The number of anilines is 1. The fourth-order valence-electron chi connectivity index (χ4n) is 2.91. The molecule has 2 aromatic carbocycles. The Labute approximate surface area is 173 Å². The number of nitrogens with one attached hydrogen (secondary N) is 2. The molecule has 4 aromatic rings. The second kappa shape index (κ2) is 7.84. The zero-order chi connectivity index (χ0) is 20.4. The van der Waals surface area contributed by atoms with Crippen LogP contribution in [0.5, 0.6) is 0 Å².